The minimum atomic E-state index is 0.505. The summed E-state index contributed by atoms with van der Waals surface area (Å²) in [6.45, 7) is 7.93. The molecule has 2 heteroatoms. The number of methoxy groups -OCH3 is 1. The van der Waals surface area contributed by atoms with Crippen molar-refractivity contribution in [2.45, 2.75) is 52.5 Å². The number of aryl methyl sites for hydroxylation is 1. The van der Waals surface area contributed by atoms with Crippen molar-refractivity contribution in [2.75, 3.05) is 13.7 Å². The number of hydrogen-bond donors (Lipinski definition) is 1. The van der Waals surface area contributed by atoms with Crippen LogP contribution in [-0.2, 0) is 0 Å². The van der Waals surface area contributed by atoms with E-state index in [2.05, 4.69) is 44.3 Å². The lowest BCUT2D eigenvalue weighted by Crippen LogP contribution is -2.28. The standard InChI is InChI=1S/C18H29NO/c1-5-10-19-18(15-7-6-13(2)11-15)17-9-8-16(20-4)12-14(17)3/h8-9,12-13,15,18-19H,5-7,10-11H2,1-4H3. The molecule has 3 unspecified atom stereocenters. The molecule has 112 valence electrons. The Labute approximate surface area is 123 Å². The molecule has 0 heterocycles. The zero-order chi connectivity index (χ0) is 14.5. The summed E-state index contributed by atoms with van der Waals surface area (Å²) in [6.07, 6.45) is 5.28. The summed E-state index contributed by atoms with van der Waals surface area (Å²) in [5, 5.41) is 3.79. The molecule has 1 fully saturated rings. The Balaban J connectivity index is 2.21. The first kappa shape index (κ1) is 15.4. The Morgan fingerprint density at radius 3 is 2.70 bits per heavy atom. The van der Waals surface area contributed by atoms with Crippen molar-refractivity contribution in [3.63, 3.8) is 0 Å². The van der Waals surface area contributed by atoms with Crippen LogP contribution in [0.2, 0.25) is 0 Å². The van der Waals surface area contributed by atoms with E-state index < -0.39 is 0 Å². The second-order valence-corrected chi connectivity index (χ2v) is 6.33. The molecule has 2 nitrogen and oxygen atoms in total. The molecule has 0 saturated heterocycles. The van der Waals surface area contributed by atoms with Crippen LogP contribution in [0.3, 0.4) is 0 Å². The van der Waals surface area contributed by atoms with Crippen molar-refractivity contribution in [3.8, 4) is 5.75 Å². The van der Waals surface area contributed by atoms with Gasteiger partial charge in [-0.05, 0) is 67.8 Å². The first-order valence-corrected chi connectivity index (χ1v) is 8.03. The Morgan fingerprint density at radius 2 is 2.15 bits per heavy atom. The van der Waals surface area contributed by atoms with Crippen LogP contribution in [0.25, 0.3) is 0 Å². The maximum atomic E-state index is 5.33. The second kappa shape index (κ2) is 7.12. The predicted octanol–water partition coefficient (Wildman–Crippen LogP) is 4.48. The van der Waals surface area contributed by atoms with Gasteiger partial charge in [-0.15, -0.1) is 0 Å². The average Bonchev–Trinajstić information content (AvgIpc) is 2.87. The third-order valence-electron chi connectivity index (χ3n) is 4.63. The van der Waals surface area contributed by atoms with Gasteiger partial charge in [-0.3, -0.25) is 0 Å². The number of benzene rings is 1. The highest BCUT2D eigenvalue weighted by molar-refractivity contribution is 5.37. The van der Waals surface area contributed by atoms with Crippen LogP contribution in [0.1, 0.15) is 56.7 Å². The fourth-order valence-corrected chi connectivity index (χ4v) is 3.51. The van der Waals surface area contributed by atoms with Gasteiger partial charge < -0.3 is 10.1 Å². The van der Waals surface area contributed by atoms with Gasteiger partial charge >= 0.3 is 0 Å². The first-order chi connectivity index (χ1) is 9.65. The van der Waals surface area contributed by atoms with Crippen molar-refractivity contribution in [1.29, 1.82) is 0 Å². The van der Waals surface area contributed by atoms with Crippen molar-refractivity contribution >= 4 is 0 Å². The second-order valence-electron chi connectivity index (χ2n) is 6.33. The Morgan fingerprint density at radius 1 is 1.35 bits per heavy atom. The SMILES string of the molecule is CCCNC(c1ccc(OC)cc1C)C1CCC(C)C1. The predicted molar refractivity (Wildman–Crippen MR) is 85.3 cm³/mol. The van der Waals surface area contributed by atoms with Crippen LogP contribution >= 0.6 is 0 Å². The van der Waals surface area contributed by atoms with Gasteiger partial charge in [-0.25, -0.2) is 0 Å². The van der Waals surface area contributed by atoms with E-state index in [-0.39, 0.29) is 0 Å². The molecular formula is C18H29NO. The Kier molecular flexibility index (Phi) is 5.47. The largest absolute Gasteiger partial charge is 0.497 e. The van der Waals surface area contributed by atoms with Gasteiger partial charge in [0, 0.05) is 6.04 Å². The number of ether oxygens (including phenoxy) is 1. The van der Waals surface area contributed by atoms with Crippen molar-refractivity contribution in [3.05, 3.63) is 29.3 Å². The van der Waals surface area contributed by atoms with Gasteiger partial charge in [0.05, 0.1) is 7.11 Å². The van der Waals surface area contributed by atoms with Crippen LogP contribution in [0, 0.1) is 18.8 Å². The van der Waals surface area contributed by atoms with E-state index in [0.717, 1.165) is 24.1 Å². The van der Waals surface area contributed by atoms with Crippen LogP contribution in [0.5, 0.6) is 5.75 Å². The van der Waals surface area contributed by atoms with Gasteiger partial charge in [0.1, 0.15) is 5.75 Å². The fourth-order valence-electron chi connectivity index (χ4n) is 3.51. The van der Waals surface area contributed by atoms with Crippen molar-refractivity contribution < 1.29 is 4.74 Å². The molecule has 1 aromatic carbocycles. The highest BCUT2D eigenvalue weighted by atomic mass is 16.5. The zero-order valence-electron chi connectivity index (χ0n) is 13.4. The molecule has 0 amide bonds. The lowest BCUT2D eigenvalue weighted by molar-refractivity contribution is 0.357. The number of rotatable bonds is 6. The minimum absolute atomic E-state index is 0.505. The highest BCUT2D eigenvalue weighted by Crippen LogP contribution is 2.40. The van der Waals surface area contributed by atoms with E-state index in [1.54, 1.807) is 7.11 Å². The summed E-state index contributed by atoms with van der Waals surface area (Å²) in [5.41, 5.74) is 2.80. The highest BCUT2D eigenvalue weighted by Gasteiger charge is 2.30. The summed E-state index contributed by atoms with van der Waals surface area (Å²) >= 11 is 0. The maximum Gasteiger partial charge on any atom is 0.119 e. The number of hydrogen-bond acceptors (Lipinski definition) is 2. The third kappa shape index (κ3) is 3.54. The molecule has 1 aliphatic rings. The monoisotopic (exact) mass is 275 g/mol. The molecule has 0 bridgehead atoms. The third-order valence-corrected chi connectivity index (χ3v) is 4.63. The average molecular weight is 275 g/mol. The van der Waals surface area contributed by atoms with Crippen LogP contribution in [0.4, 0.5) is 0 Å². The van der Waals surface area contributed by atoms with E-state index in [9.17, 15) is 0 Å². The fraction of sp³-hybridized carbons (Fsp3) is 0.667. The summed E-state index contributed by atoms with van der Waals surface area (Å²) in [6, 6.07) is 7.02. The van der Waals surface area contributed by atoms with Gasteiger partial charge in [-0.2, -0.15) is 0 Å². The normalized spacial score (nSPS) is 23.8. The summed E-state index contributed by atoms with van der Waals surface area (Å²) < 4.78 is 5.33. The van der Waals surface area contributed by atoms with Gasteiger partial charge in [0.15, 0.2) is 0 Å². The van der Waals surface area contributed by atoms with Crippen molar-refractivity contribution in [2.24, 2.45) is 11.8 Å². The van der Waals surface area contributed by atoms with Crippen molar-refractivity contribution in [1.82, 2.24) is 5.32 Å². The maximum absolute atomic E-state index is 5.33. The summed E-state index contributed by atoms with van der Waals surface area (Å²) in [5.74, 6) is 2.62. The Bertz CT molecular complexity index is 429. The number of nitrogens with one attached hydrogen (secondary N) is 1. The summed E-state index contributed by atoms with van der Waals surface area (Å²) in [4.78, 5) is 0. The van der Waals surface area contributed by atoms with E-state index in [1.165, 1.54) is 36.8 Å². The van der Waals surface area contributed by atoms with E-state index >= 15 is 0 Å². The van der Waals surface area contributed by atoms with Gasteiger partial charge in [-0.1, -0.05) is 26.3 Å². The van der Waals surface area contributed by atoms with E-state index in [1.807, 2.05) is 0 Å². The zero-order valence-corrected chi connectivity index (χ0v) is 13.4. The molecule has 3 atom stereocenters. The quantitative estimate of drug-likeness (QED) is 0.826. The topological polar surface area (TPSA) is 21.3 Å². The van der Waals surface area contributed by atoms with Crippen LogP contribution in [-0.4, -0.2) is 13.7 Å². The molecule has 1 N–H and O–H groups in total. The molecule has 1 aliphatic carbocycles. The molecule has 0 aliphatic heterocycles. The summed E-state index contributed by atoms with van der Waals surface area (Å²) in [7, 11) is 1.74. The molecule has 20 heavy (non-hydrogen) atoms. The van der Waals surface area contributed by atoms with Crippen LogP contribution in [0.15, 0.2) is 18.2 Å². The molecule has 1 saturated carbocycles. The van der Waals surface area contributed by atoms with Gasteiger partial charge in [0.2, 0.25) is 0 Å². The minimum Gasteiger partial charge on any atom is -0.497 e. The molecule has 1 aromatic rings. The molecule has 2 rings (SSSR count). The van der Waals surface area contributed by atoms with E-state index in [4.69, 9.17) is 4.74 Å². The lowest BCUT2D eigenvalue weighted by atomic mass is 9.88. The molecule has 0 radical (unpaired) electrons. The van der Waals surface area contributed by atoms with Crippen LogP contribution < -0.4 is 10.1 Å². The smallest absolute Gasteiger partial charge is 0.119 e. The van der Waals surface area contributed by atoms with Gasteiger partial charge in [0.25, 0.3) is 0 Å². The molecule has 0 spiro atoms. The molecule has 0 aromatic heterocycles. The first-order valence-electron chi connectivity index (χ1n) is 8.03. The van der Waals surface area contributed by atoms with E-state index in [0.29, 0.717) is 6.04 Å². The lowest BCUT2D eigenvalue weighted by Gasteiger charge is -2.27. The Hall–Kier alpha value is -1.02. The molecular weight excluding hydrogens is 246 g/mol.